The van der Waals surface area contributed by atoms with Crippen LogP contribution in [0.1, 0.15) is 17.3 Å². The molecule has 16 heavy (non-hydrogen) atoms. The number of hydrogen-bond acceptors (Lipinski definition) is 5. The molecule has 1 rings (SSSR count). The number of benzene rings is 1. The molecule has 0 heterocycles. The molecule has 1 aromatic carbocycles. The number of halogens is 1. The molecule has 0 fully saturated rings. The van der Waals surface area contributed by atoms with E-state index >= 15 is 0 Å². The quantitative estimate of drug-likeness (QED) is 0.483. The van der Waals surface area contributed by atoms with Gasteiger partial charge in [0.15, 0.2) is 5.78 Å². The fourth-order valence-corrected chi connectivity index (χ4v) is 1.60. The van der Waals surface area contributed by atoms with Gasteiger partial charge in [-0.2, -0.15) is 0 Å². The molecule has 0 unspecified atom stereocenters. The molecule has 1 aromatic rings. The lowest BCUT2D eigenvalue weighted by molar-refractivity contribution is -0.390. The number of nitrogens with zero attached hydrogens (tertiary/aromatic N) is 2. The largest absolute Gasteiger partial charge is 0.294 e. The summed E-state index contributed by atoms with van der Waals surface area (Å²) in [5, 5.41) is 21.2. The molecule has 0 saturated heterocycles. The van der Waals surface area contributed by atoms with Crippen LogP contribution in [0.25, 0.3) is 0 Å². The van der Waals surface area contributed by atoms with E-state index in [1.165, 1.54) is 0 Å². The Morgan fingerprint density at radius 2 is 1.69 bits per heavy atom. The minimum atomic E-state index is -0.759. The minimum Gasteiger partial charge on any atom is -0.294 e. The Morgan fingerprint density at radius 1 is 1.19 bits per heavy atom. The maximum absolute atomic E-state index is 11.1. The van der Waals surface area contributed by atoms with Crippen molar-refractivity contribution in [3.63, 3.8) is 0 Å². The highest BCUT2D eigenvalue weighted by Gasteiger charge is 2.24. The smallest absolute Gasteiger partial charge is 0.284 e. The number of carbonyl (C=O) groups excluding carboxylic acids is 1. The zero-order valence-corrected chi connectivity index (χ0v) is 9.55. The van der Waals surface area contributed by atoms with Crippen LogP contribution in [0, 0.1) is 20.2 Å². The van der Waals surface area contributed by atoms with E-state index in [9.17, 15) is 25.0 Å². The van der Waals surface area contributed by atoms with E-state index in [1.807, 2.05) is 0 Å². The third kappa shape index (κ3) is 2.22. The molecule has 0 aliphatic carbocycles. The van der Waals surface area contributed by atoms with Crippen molar-refractivity contribution >= 4 is 33.1 Å². The number of carbonyl (C=O) groups is 1. The number of rotatable bonds is 3. The van der Waals surface area contributed by atoms with Crippen LogP contribution < -0.4 is 0 Å². The molecule has 7 nitrogen and oxygen atoms in total. The summed E-state index contributed by atoms with van der Waals surface area (Å²) in [6, 6.07) is 1.85. The summed E-state index contributed by atoms with van der Waals surface area (Å²) >= 11 is 2.84. The van der Waals surface area contributed by atoms with E-state index < -0.39 is 21.3 Å². The molecule has 0 aliphatic heterocycles. The summed E-state index contributed by atoms with van der Waals surface area (Å²) < 4.78 is -0.0331. The highest BCUT2D eigenvalue weighted by molar-refractivity contribution is 9.10. The zero-order chi connectivity index (χ0) is 12.5. The molecule has 0 aromatic heterocycles. The van der Waals surface area contributed by atoms with Gasteiger partial charge in [-0.25, -0.2) is 0 Å². The summed E-state index contributed by atoms with van der Waals surface area (Å²) in [7, 11) is 0. The number of Topliss-reactive ketones (excluding diaryl/α,β-unsaturated/α-hetero) is 1. The number of nitro benzene ring substituents is 2. The predicted octanol–water partition coefficient (Wildman–Crippen LogP) is 2.47. The molecular weight excluding hydrogens is 284 g/mol. The van der Waals surface area contributed by atoms with Crippen LogP contribution >= 0.6 is 15.9 Å². The second-order valence-electron chi connectivity index (χ2n) is 2.89. The maximum Gasteiger partial charge on any atom is 0.284 e. The first-order valence-electron chi connectivity index (χ1n) is 3.98. The Bertz CT molecular complexity index is 499. The lowest BCUT2D eigenvalue weighted by atomic mass is 10.1. The van der Waals surface area contributed by atoms with E-state index in [-0.39, 0.29) is 15.7 Å². The van der Waals surface area contributed by atoms with Crippen molar-refractivity contribution in [2.45, 2.75) is 6.92 Å². The average molecular weight is 289 g/mol. The summed E-state index contributed by atoms with van der Waals surface area (Å²) in [6.45, 7) is 1.11. The summed E-state index contributed by atoms with van der Waals surface area (Å²) in [6.07, 6.45) is 0. The fourth-order valence-electron chi connectivity index (χ4n) is 1.12. The molecule has 0 amide bonds. The van der Waals surface area contributed by atoms with Gasteiger partial charge in [-0.1, -0.05) is 0 Å². The normalized spacial score (nSPS) is 9.88. The third-order valence-corrected chi connectivity index (χ3v) is 2.47. The van der Waals surface area contributed by atoms with E-state index in [4.69, 9.17) is 0 Å². The number of ketones is 1. The topological polar surface area (TPSA) is 103 Å². The molecule has 0 saturated carbocycles. The van der Waals surface area contributed by atoms with Gasteiger partial charge in [0, 0.05) is 12.1 Å². The Morgan fingerprint density at radius 3 is 2.06 bits per heavy atom. The molecule has 0 bridgehead atoms. The van der Waals surface area contributed by atoms with Gasteiger partial charge in [-0.15, -0.1) is 0 Å². The summed E-state index contributed by atoms with van der Waals surface area (Å²) in [5.74, 6) is -0.595. The second-order valence-corrected chi connectivity index (χ2v) is 3.75. The van der Waals surface area contributed by atoms with E-state index in [2.05, 4.69) is 15.9 Å². The van der Waals surface area contributed by atoms with Gasteiger partial charge in [0.2, 0.25) is 0 Å². The number of hydrogen-bond donors (Lipinski definition) is 0. The van der Waals surface area contributed by atoms with Crippen LogP contribution in [0.4, 0.5) is 11.4 Å². The third-order valence-electron chi connectivity index (χ3n) is 1.84. The molecule has 0 atom stereocenters. The predicted molar refractivity (Wildman–Crippen MR) is 57.5 cm³/mol. The lowest BCUT2D eigenvalue weighted by Crippen LogP contribution is -2.02. The van der Waals surface area contributed by atoms with E-state index in [0.717, 1.165) is 19.1 Å². The first-order chi connectivity index (χ1) is 7.34. The molecular formula is C8H5BrN2O5. The van der Waals surface area contributed by atoms with Gasteiger partial charge < -0.3 is 0 Å². The molecule has 84 valence electrons. The van der Waals surface area contributed by atoms with Crippen molar-refractivity contribution in [3.05, 3.63) is 42.4 Å². The van der Waals surface area contributed by atoms with Gasteiger partial charge in [0.25, 0.3) is 11.4 Å². The van der Waals surface area contributed by atoms with Gasteiger partial charge in [-0.05, 0) is 22.9 Å². The standard InChI is InChI=1S/C8H5BrN2O5/c1-4(12)5-2-8(11(15)16)6(9)3-7(5)10(13)14/h2-3H,1H3. The first-order valence-corrected chi connectivity index (χ1v) is 4.77. The number of nitro groups is 2. The fraction of sp³-hybridized carbons (Fsp3) is 0.125. The van der Waals surface area contributed by atoms with Crippen LogP contribution in [0.3, 0.4) is 0 Å². The molecule has 0 radical (unpaired) electrons. The van der Waals surface area contributed by atoms with Gasteiger partial charge in [0.05, 0.1) is 9.85 Å². The Balaban J connectivity index is 3.55. The monoisotopic (exact) mass is 288 g/mol. The van der Waals surface area contributed by atoms with Crippen LogP contribution in [0.5, 0.6) is 0 Å². The maximum atomic E-state index is 11.1. The van der Waals surface area contributed by atoms with Gasteiger partial charge >= 0.3 is 0 Å². The van der Waals surface area contributed by atoms with Crippen LogP contribution in [-0.4, -0.2) is 15.6 Å². The average Bonchev–Trinajstić information content (AvgIpc) is 2.15. The van der Waals surface area contributed by atoms with Crippen molar-refractivity contribution in [1.82, 2.24) is 0 Å². The van der Waals surface area contributed by atoms with Crippen molar-refractivity contribution in [2.75, 3.05) is 0 Å². The second kappa shape index (κ2) is 4.35. The highest BCUT2D eigenvalue weighted by Crippen LogP contribution is 2.32. The van der Waals surface area contributed by atoms with E-state index in [1.54, 1.807) is 0 Å². The molecule has 8 heteroatoms. The lowest BCUT2D eigenvalue weighted by Gasteiger charge is -2.00. The summed E-state index contributed by atoms with van der Waals surface area (Å²) in [4.78, 5) is 30.8. The van der Waals surface area contributed by atoms with Crippen LogP contribution in [0.2, 0.25) is 0 Å². The first kappa shape index (κ1) is 12.2. The molecule has 0 aliphatic rings. The summed E-state index contributed by atoms with van der Waals surface area (Å²) in [5.41, 5.74) is -1.11. The van der Waals surface area contributed by atoms with Crippen LogP contribution in [-0.2, 0) is 0 Å². The van der Waals surface area contributed by atoms with Crippen molar-refractivity contribution < 1.29 is 14.6 Å². The van der Waals surface area contributed by atoms with E-state index in [0.29, 0.717) is 0 Å². The van der Waals surface area contributed by atoms with Crippen molar-refractivity contribution in [1.29, 1.82) is 0 Å². The zero-order valence-electron chi connectivity index (χ0n) is 7.97. The van der Waals surface area contributed by atoms with Crippen molar-refractivity contribution in [2.24, 2.45) is 0 Å². The SMILES string of the molecule is CC(=O)c1cc([N+](=O)[O-])c(Br)cc1[N+](=O)[O-]. The Hall–Kier alpha value is -1.83. The van der Waals surface area contributed by atoms with Crippen molar-refractivity contribution in [3.8, 4) is 0 Å². The molecule has 0 N–H and O–H groups in total. The Labute approximate surface area is 97.5 Å². The highest BCUT2D eigenvalue weighted by atomic mass is 79.9. The minimum absolute atomic E-state index is 0.0331. The van der Waals surface area contributed by atoms with Crippen LogP contribution in [0.15, 0.2) is 16.6 Å². The van der Waals surface area contributed by atoms with Gasteiger partial charge in [-0.3, -0.25) is 25.0 Å². The van der Waals surface area contributed by atoms with Gasteiger partial charge in [0.1, 0.15) is 10.0 Å². The Kier molecular flexibility index (Phi) is 3.33. The molecule has 0 spiro atoms.